The molecule has 0 heterocycles. The topological polar surface area (TPSA) is 34.1 Å². The van der Waals surface area contributed by atoms with E-state index >= 15 is 0 Å². The lowest BCUT2D eigenvalue weighted by atomic mass is 9.94. The van der Waals surface area contributed by atoms with E-state index in [1.54, 1.807) is 12.1 Å². The number of rotatable bonds is 3. The van der Waals surface area contributed by atoms with Crippen molar-refractivity contribution in [1.29, 1.82) is 0 Å². The lowest BCUT2D eigenvalue weighted by Crippen LogP contribution is -1.97. The van der Waals surface area contributed by atoms with Gasteiger partial charge in [-0.2, -0.15) is 0 Å². The van der Waals surface area contributed by atoms with Crippen LogP contribution in [0.5, 0.6) is 0 Å². The maximum absolute atomic E-state index is 11.5. The molecule has 0 aliphatic rings. The first kappa shape index (κ1) is 15.9. The van der Waals surface area contributed by atoms with Crippen molar-refractivity contribution in [1.82, 2.24) is 0 Å². The van der Waals surface area contributed by atoms with Gasteiger partial charge in [0.25, 0.3) is 0 Å². The van der Waals surface area contributed by atoms with Gasteiger partial charge in [0.2, 0.25) is 0 Å². The molecule has 0 atom stereocenters. The fourth-order valence-electron chi connectivity index (χ4n) is 2.24. The molecule has 0 radical (unpaired) electrons. The van der Waals surface area contributed by atoms with Crippen molar-refractivity contribution < 1.29 is 8.42 Å². The molecule has 2 nitrogen and oxygen atoms in total. The van der Waals surface area contributed by atoms with E-state index < -0.39 is 9.84 Å². The Bertz CT molecular complexity index is 765. The Morgan fingerprint density at radius 1 is 0.857 bits per heavy atom. The summed E-state index contributed by atoms with van der Waals surface area (Å²) in [4.78, 5) is 1.25. The van der Waals surface area contributed by atoms with Gasteiger partial charge < -0.3 is 0 Å². The summed E-state index contributed by atoms with van der Waals surface area (Å²) in [6.45, 7) is 4.10. The molecule has 0 aliphatic heterocycles. The van der Waals surface area contributed by atoms with E-state index in [0.29, 0.717) is 4.90 Å². The van der Waals surface area contributed by atoms with E-state index in [-0.39, 0.29) is 0 Å². The van der Waals surface area contributed by atoms with Crippen LogP contribution < -0.4 is 0 Å². The minimum atomic E-state index is -3.16. The van der Waals surface area contributed by atoms with Crippen molar-refractivity contribution in [2.75, 3.05) is 6.26 Å². The third-order valence-electron chi connectivity index (χ3n) is 3.23. The standard InChI is InChI=1S/C17H18O2S2/c1-12(2)17(13-4-8-15(20)9-5-13)14-6-10-16(11-7-14)21(3,18)19/h4-11,20H,1-3H3. The fraction of sp³-hybridized carbons (Fsp3) is 0.176. The van der Waals surface area contributed by atoms with Crippen molar-refractivity contribution in [3.05, 3.63) is 65.2 Å². The molecule has 0 fully saturated rings. The van der Waals surface area contributed by atoms with Gasteiger partial charge in [-0.15, -0.1) is 12.6 Å². The lowest BCUT2D eigenvalue weighted by molar-refractivity contribution is 0.602. The summed E-state index contributed by atoms with van der Waals surface area (Å²) < 4.78 is 23.1. The van der Waals surface area contributed by atoms with Crippen molar-refractivity contribution in [2.45, 2.75) is 23.6 Å². The summed E-state index contributed by atoms with van der Waals surface area (Å²) in [5.74, 6) is 0. The summed E-state index contributed by atoms with van der Waals surface area (Å²) in [7, 11) is -3.16. The minimum absolute atomic E-state index is 0.338. The molecule has 0 saturated heterocycles. The molecule has 2 aromatic rings. The Morgan fingerprint density at radius 3 is 1.67 bits per heavy atom. The number of hydrogen-bond donors (Lipinski definition) is 1. The van der Waals surface area contributed by atoms with Gasteiger partial charge in [0.15, 0.2) is 9.84 Å². The van der Waals surface area contributed by atoms with Crippen LogP contribution >= 0.6 is 12.6 Å². The summed E-state index contributed by atoms with van der Waals surface area (Å²) in [5, 5.41) is 0. The van der Waals surface area contributed by atoms with Gasteiger partial charge in [-0.1, -0.05) is 29.8 Å². The van der Waals surface area contributed by atoms with Gasteiger partial charge in [0.1, 0.15) is 0 Å². The van der Waals surface area contributed by atoms with Crippen LogP contribution in [0.1, 0.15) is 25.0 Å². The predicted molar refractivity (Wildman–Crippen MR) is 90.6 cm³/mol. The average Bonchev–Trinajstić information content (AvgIpc) is 2.40. The SMILES string of the molecule is CC(C)=C(c1ccc(S)cc1)c1ccc(S(C)(=O)=O)cc1. The number of hydrogen-bond acceptors (Lipinski definition) is 3. The van der Waals surface area contributed by atoms with Gasteiger partial charge in [-0.25, -0.2) is 8.42 Å². The maximum Gasteiger partial charge on any atom is 0.175 e. The predicted octanol–water partition coefficient (Wildman–Crippen LogP) is 4.22. The van der Waals surface area contributed by atoms with Crippen LogP contribution in [0.2, 0.25) is 0 Å². The molecule has 0 aliphatic carbocycles. The molecule has 21 heavy (non-hydrogen) atoms. The van der Waals surface area contributed by atoms with Crippen molar-refractivity contribution >= 4 is 28.0 Å². The summed E-state index contributed by atoms with van der Waals surface area (Å²) in [6, 6.07) is 15.0. The van der Waals surface area contributed by atoms with Crippen LogP contribution in [0.15, 0.2) is 63.9 Å². The normalized spacial score (nSPS) is 11.2. The van der Waals surface area contributed by atoms with Crippen molar-refractivity contribution in [3.8, 4) is 0 Å². The van der Waals surface area contributed by atoms with Crippen molar-refractivity contribution in [3.63, 3.8) is 0 Å². The van der Waals surface area contributed by atoms with E-state index in [9.17, 15) is 8.42 Å². The smallest absolute Gasteiger partial charge is 0.175 e. The molecule has 4 heteroatoms. The first-order valence-corrected chi connectivity index (χ1v) is 8.90. The second-order valence-electron chi connectivity index (χ2n) is 5.22. The molecule has 2 aromatic carbocycles. The van der Waals surface area contributed by atoms with Gasteiger partial charge >= 0.3 is 0 Å². The highest BCUT2D eigenvalue weighted by Crippen LogP contribution is 2.28. The zero-order chi connectivity index (χ0) is 15.6. The Balaban J connectivity index is 2.50. The van der Waals surface area contributed by atoms with Crippen LogP contribution in [0.25, 0.3) is 5.57 Å². The zero-order valence-corrected chi connectivity index (χ0v) is 14.0. The monoisotopic (exact) mass is 318 g/mol. The number of allylic oxidation sites excluding steroid dienone is 1. The first-order chi connectivity index (χ1) is 9.79. The molecule has 0 saturated carbocycles. The highest BCUT2D eigenvalue weighted by atomic mass is 32.2. The second kappa shape index (κ2) is 6.08. The van der Waals surface area contributed by atoms with Crippen LogP contribution in [0, 0.1) is 0 Å². The number of benzene rings is 2. The van der Waals surface area contributed by atoms with Crippen molar-refractivity contribution in [2.24, 2.45) is 0 Å². The Kier molecular flexibility index (Phi) is 4.59. The largest absolute Gasteiger partial charge is 0.224 e. The molecule has 0 bridgehead atoms. The van der Waals surface area contributed by atoms with E-state index in [2.05, 4.69) is 26.5 Å². The summed E-state index contributed by atoms with van der Waals surface area (Å²) >= 11 is 4.30. The van der Waals surface area contributed by atoms with Crippen LogP contribution in [0.3, 0.4) is 0 Å². The fourth-order valence-corrected chi connectivity index (χ4v) is 3.02. The molecular weight excluding hydrogens is 300 g/mol. The van der Waals surface area contributed by atoms with Crippen LogP contribution in [0.4, 0.5) is 0 Å². The Labute approximate surface area is 131 Å². The molecule has 0 aromatic heterocycles. The summed E-state index contributed by atoms with van der Waals surface area (Å²) in [5.41, 5.74) is 4.40. The van der Waals surface area contributed by atoms with Crippen LogP contribution in [-0.4, -0.2) is 14.7 Å². The average molecular weight is 318 g/mol. The quantitative estimate of drug-likeness (QED) is 0.860. The van der Waals surface area contributed by atoms with E-state index in [1.165, 1.54) is 11.8 Å². The highest BCUT2D eigenvalue weighted by molar-refractivity contribution is 7.90. The van der Waals surface area contributed by atoms with Gasteiger partial charge in [0, 0.05) is 11.2 Å². The Hall–Kier alpha value is -1.52. The zero-order valence-electron chi connectivity index (χ0n) is 12.3. The molecule has 0 amide bonds. The number of sulfone groups is 1. The van der Waals surface area contributed by atoms with E-state index in [0.717, 1.165) is 21.6 Å². The number of thiol groups is 1. The first-order valence-electron chi connectivity index (χ1n) is 6.56. The van der Waals surface area contributed by atoms with Gasteiger partial charge in [-0.3, -0.25) is 0 Å². The molecular formula is C17H18O2S2. The molecule has 2 rings (SSSR count). The minimum Gasteiger partial charge on any atom is -0.224 e. The second-order valence-corrected chi connectivity index (χ2v) is 7.75. The Morgan fingerprint density at radius 2 is 1.29 bits per heavy atom. The van der Waals surface area contributed by atoms with E-state index in [4.69, 9.17) is 0 Å². The maximum atomic E-state index is 11.5. The van der Waals surface area contributed by atoms with E-state index in [1.807, 2.05) is 36.4 Å². The third-order valence-corrected chi connectivity index (χ3v) is 4.65. The molecule has 0 N–H and O–H groups in total. The highest BCUT2D eigenvalue weighted by Gasteiger charge is 2.10. The summed E-state index contributed by atoms with van der Waals surface area (Å²) in [6.07, 6.45) is 1.22. The third kappa shape index (κ3) is 3.77. The lowest BCUT2D eigenvalue weighted by Gasteiger charge is -2.12. The molecule has 0 spiro atoms. The molecule has 0 unspecified atom stereocenters. The van der Waals surface area contributed by atoms with Gasteiger partial charge in [-0.05, 0) is 54.8 Å². The molecule has 110 valence electrons. The van der Waals surface area contributed by atoms with Crippen LogP contribution in [-0.2, 0) is 9.84 Å². The van der Waals surface area contributed by atoms with Gasteiger partial charge in [0.05, 0.1) is 4.90 Å².